The SMILES string of the molecule is C#C[C@@]1(O)[C@H](O)[C@@H](CO)O[C@H]1n1ccc(OC)nc1=O. The Morgan fingerprint density at radius 3 is 2.90 bits per heavy atom. The molecule has 8 nitrogen and oxygen atoms in total. The van der Waals surface area contributed by atoms with E-state index in [-0.39, 0.29) is 5.88 Å². The van der Waals surface area contributed by atoms with Crippen molar-refractivity contribution in [2.24, 2.45) is 0 Å². The molecular weight excluding hydrogens is 268 g/mol. The van der Waals surface area contributed by atoms with E-state index in [4.69, 9.17) is 21.0 Å². The van der Waals surface area contributed by atoms with Crippen LogP contribution in [0, 0.1) is 12.3 Å². The predicted molar refractivity (Wildman–Crippen MR) is 65.8 cm³/mol. The molecule has 0 aliphatic carbocycles. The third-order valence-electron chi connectivity index (χ3n) is 3.16. The first-order valence-electron chi connectivity index (χ1n) is 5.75. The molecule has 1 aliphatic heterocycles. The summed E-state index contributed by atoms with van der Waals surface area (Å²) in [4.78, 5) is 15.5. The fraction of sp³-hybridized carbons (Fsp3) is 0.500. The zero-order valence-corrected chi connectivity index (χ0v) is 10.6. The van der Waals surface area contributed by atoms with Crippen LogP contribution in [0.2, 0.25) is 0 Å². The molecule has 0 spiro atoms. The molecule has 4 atom stereocenters. The fourth-order valence-corrected chi connectivity index (χ4v) is 2.04. The summed E-state index contributed by atoms with van der Waals surface area (Å²) < 4.78 is 11.0. The van der Waals surface area contributed by atoms with Gasteiger partial charge in [0.2, 0.25) is 5.88 Å². The van der Waals surface area contributed by atoms with E-state index < -0.39 is 36.3 Å². The third kappa shape index (κ3) is 2.07. The maximum atomic E-state index is 11.9. The van der Waals surface area contributed by atoms with E-state index in [0.29, 0.717) is 0 Å². The van der Waals surface area contributed by atoms with Crippen LogP contribution in [-0.4, -0.2) is 56.4 Å². The Balaban J connectivity index is 2.47. The van der Waals surface area contributed by atoms with Gasteiger partial charge in [0.05, 0.1) is 13.7 Å². The van der Waals surface area contributed by atoms with Crippen LogP contribution in [0.4, 0.5) is 0 Å². The molecule has 0 bridgehead atoms. The van der Waals surface area contributed by atoms with E-state index in [1.165, 1.54) is 19.4 Å². The average molecular weight is 282 g/mol. The summed E-state index contributed by atoms with van der Waals surface area (Å²) in [6.45, 7) is -0.556. The molecule has 20 heavy (non-hydrogen) atoms. The standard InChI is InChI=1S/C12H14N2O6/c1-3-12(18)9(16)7(6-15)20-10(12)14-5-4-8(19-2)13-11(14)17/h1,4-5,7,9-10,15-16,18H,6H2,2H3/t7-,9-,10-,12-/m1/s1. The zero-order chi connectivity index (χ0) is 14.9. The molecule has 3 N–H and O–H groups in total. The van der Waals surface area contributed by atoms with Crippen molar-refractivity contribution in [3.8, 4) is 18.2 Å². The number of hydrogen-bond donors (Lipinski definition) is 3. The fourth-order valence-electron chi connectivity index (χ4n) is 2.04. The molecule has 0 amide bonds. The lowest BCUT2D eigenvalue weighted by molar-refractivity contribution is -0.0765. The van der Waals surface area contributed by atoms with Crippen LogP contribution < -0.4 is 10.4 Å². The number of aromatic nitrogens is 2. The normalized spacial score (nSPS) is 32.9. The minimum absolute atomic E-state index is 0.0905. The molecule has 1 aromatic rings. The van der Waals surface area contributed by atoms with Gasteiger partial charge in [-0.1, -0.05) is 5.92 Å². The van der Waals surface area contributed by atoms with Crippen molar-refractivity contribution in [1.29, 1.82) is 0 Å². The van der Waals surface area contributed by atoms with Crippen molar-refractivity contribution >= 4 is 0 Å². The Labute approximate surface area is 114 Å². The molecule has 1 fully saturated rings. The van der Waals surface area contributed by atoms with Gasteiger partial charge in [-0.15, -0.1) is 6.42 Å². The molecule has 0 unspecified atom stereocenters. The maximum Gasteiger partial charge on any atom is 0.353 e. The van der Waals surface area contributed by atoms with Crippen molar-refractivity contribution < 1.29 is 24.8 Å². The van der Waals surface area contributed by atoms with E-state index in [1.54, 1.807) is 0 Å². The van der Waals surface area contributed by atoms with Crippen LogP contribution in [0.15, 0.2) is 17.1 Å². The summed E-state index contributed by atoms with van der Waals surface area (Å²) in [5.41, 5.74) is -2.91. The average Bonchev–Trinajstić information content (AvgIpc) is 2.72. The molecule has 108 valence electrons. The first-order chi connectivity index (χ1) is 9.47. The summed E-state index contributed by atoms with van der Waals surface area (Å²) in [5.74, 6) is 2.10. The third-order valence-corrected chi connectivity index (χ3v) is 3.16. The number of rotatable bonds is 3. The zero-order valence-electron chi connectivity index (χ0n) is 10.6. The van der Waals surface area contributed by atoms with Crippen LogP contribution in [0.5, 0.6) is 5.88 Å². The second-order valence-electron chi connectivity index (χ2n) is 4.28. The summed E-state index contributed by atoms with van der Waals surface area (Å²) in [7, 11) is 1.35. The molecule has 8 heteroatoms. The van der Waals surface area contributed by atoms with Crippen molar-refractivity contribution in [2.75, 3.05) is 13.7 Å². The molecule has 2 rings (SSSR count). The number of methoxy groups -OCH3 is 1. The highest BCUT2D eigenvalue weighted by Crippen LogP contribution is 2.37. The highest BCUT2D eigenvalue weighted by atomic mass is 16.6. The number of aliphatic hydroxyl groups excluding tert-OH is 2. The maximum absolute atomic E-state index is 11.9. The minimum Gasteiger partial charge on any atom is -0.481 e. The Kier molecular flexibility index (Phi) is 3.78. The molecule has 2 heterocycles. The summed E-state index contributed by atoms with van der Waals surface area (Å²) >= 11 is 0. The van der Waals surface area contributed by atoms with E-state index in [9.17, 15) is 15.0 Å². The topological polar surface area (TPSA) is 114 Å². The predicted octanol–water partition coefficient (Wildman–Crippen LogP) is -2.13. The smallest absolute Gasteiger partial charge is 0.353 e. The molecule has 1 aromatic heterocycles. The lowest BCUT2D eigenvalue weighted by Crippen LogP contribution is -2.47. The number of ether oxygens (including phenoxy) is 2. The molecule has 0 radical (unpaired) electrons. The van der Waals surface area contributed by atoms with Crippen LogP contribution in [-0.2, 0) is 4.74 Å². The van der Waals surface area contributed by atoms with Crippen molar-refractivity contribution in [2.45, 2.75) is 24.0 Å². The van der Waals surface area contributed by atoms with Crippen molar-refractivity contribution in [1.82, 2.24) is 9.55 Å². The van der Waals surface area contributed by atoms with Gasteiger partial charge in [-0.3, -0.25) is 4.57 Å². The minimum atomic E-state index is -2.15. The van der Waals surface area contributed by atoms with Crippen LogP contribution in [0.25, 0.3) is 0 Å². The van der Waals surface area contributed by atoms with Gasteiger partial charge >= 0.3 is 5.69 Å². The first kappa shape index (κ1) is 14.5. The summed E-state index contributed by atoms with van der Waals surface area (Å²) in [6, 6.07) is 1.38. The molecule has 1 saturated heterocycles. The summed E-state index contributed by atoms with van der Waals surface area (Å²) in [6.07, 6.45) is 2.51. The number of terminal acetylenes is 1. The molecule has 1 aliphatic rings. The van der Waals surface area contributed by atoms with Gasteiger partial charge in [0, 0.05) is 12.3 Å². The first-order valence-corrected chi connectivity index (χ1v) is 5.75. The number of hydrogen-bond acceptors (Lipinski definition) is 7. The highest BCUT2D eigenvalue weighted by molar-refractivity contribution is 5.20. The van der Waals surface area contributed by atoms with Crippen LogP contribution in [0.1, 0.15) is 6.23 Å². The Bertz CT molecular complexity index is 594. The van der Waals surface area contributed by atoms with Gasteiger partial charge < -0.3 is 24.8 Å². The van der Waals surface area contributed by atoms with E-state index in [2.05, 4.69) is 4.98 Å². The monoisotopic (exact) mass is 282 g/mol. The van der Waals surface area contributed by atoms with E-state index in [1.807, 2.05) is 5.92 Å². The number of nitrogens with zero attached hydrogens (tertiary/aromatic N) is 2. The van der Waals surface area contributed by atoms with Gasteiger partial charge in [-0.05, 0) is 0 Å². The second kappa shape index (κ2) is 5.22. The quantitative estimate of drug-likeness (QED) is 0.542. The van der Waals surface area contributed by atoms with Crippen LogP contribution in [0.3, 0.4) is 0 Å². The Morgan fingerprint density at radius 2 is 2.40 bits per heavy atom. The molecule has 0 saturated carbocycles. The lowest BCUT2D eigenvalue weighted by Gasteiger charge is -2.26. The Hall–Kier alpha value is -1.92. The second-order valence-corrected chi connectivity index (χ2v) is 4.28. The summed E-state index contributed by atoms with van der Waals surface area (Å²) in [5, 5.41) is 29.3. The molecular formula is C12H14N2O6. The lowest BCUT2D eigenvalue weighted by atomic mass is 9.95. The van der Waals surface area contributed by atoms with Crippen molar-refractivity contribution in [3.63, 3.8) is 0 Å². The van der Waals surface area contributed by atoms with Gasteiger partial charge in [-0.25, -0.2) is 4.79 Å². The van der Waals surface area contributed by atoms with Gasteiger partial charge in [0.25, 0.3) is 0 Å². The largest absolute Gasteiger partial charge is 0.481 e. The Morgan fingerprint density at radius 1 is 1.70 bits per heavy atom. The van der Waals surface area contributed by atoms with Crippen LogP contribution >= 0.6 is 0 Å². The van der Waals surface area contributed by atoms with E-state index >= 15 is 0 Å². The van der Waals surface area contributed by atoms with Crippen molar-refractivity contribution in [3.05, 3.63) is 22.7 Å². The van der Waals surface area contributed by atoms with Gasteiger partial charge in [0.15, 0.2) is 11.8 Å². The molecule has 0 aromatic carbocycles. The highest BCUT2D eigenvalue weighted by Gasteiger charge is 2.55. The van der Waals surface area contributed by atoms with E-state index in [0.717, 1.165) is 4.57 Å². The number of aliphatic hydroxyl groups is 3. The van der Waals surface area contributed by atoms with Gasteiger partial charge in [0.1, 0.15) is 12.2 Å². The van der Waals surface area contributed by atoms with Gasteiger partial charge in [-0.2, -0.15) is 4.98 Å².